The lowest BCUT2D eigenvalue weighted by Crippen LogP contribution is -2.40. The number of hydrogen-bond donors (Lipinski definition) is 1. The van der Waals surface area contributed by atoms with Crippen LogP contribution in [0.25, 0.3) is 11.3 Å². The summed E-state index contributed by atoms with van der Waals surface area (Å²) >= 11 is 0. The summed E-state index contributed by atoms with van der Waals surface area (Å²) in [4.78, 5) is 37.8. The van der Waals surface area contributed by atoms with Gasteiger partial charge < -0.3 is 24.8 Å². The number of hydrogen-bond acceptors (Lipinski definition) is 6. The second-order valence-electron chi connectivity index (χ2n) is 12.4. The Morgan fingerprint density at radius 1 is 1.24 bits per heavy atom. The average Bonchev–Trinajstić information content (AvgIpc) is 3.63. The van der Waals surface area contributed by atoms with E-state index in [0.29, 0.717) is 49.6 Å². The van der Waals surface area contributed by atoms with Gasteiger partial charge in [-0.25, -0.2) is 14.4 Å². The molecular weight excluding hydrogens is 535 g/mol. The van der Waals surface area contributed by atoms with Gasteiger partial charge >= 0.3 is 0 Å². The smallest absolute Gasteiger partial charge is 0.273 e. The van der Waals surface area contributed by atoms with Crippen LogP contribution >= 0.6 is 0 Å². The van der Waals surface area contributed by atoms with Gasteiger partial charge in [0.15, 0.2) is 17.4 Å². The van der Waals surface area contributed by atoms with Crippen LogP contribution in [-0.2, 0) is 30.7 Å². The molecule has 1 fully saturated rings. The molecule has 3 aromatic rings. The minimum Gasteiger partial charge on any atom is -0.485 e. The molecule has 1 saturated heterocycles. The maximum absolute atomic E-state index is 15.4. The SMILES string of the molecule is C=CC(=O)N1CCC[C@H]1COc1c(N)ncnc1-c1ccc(CN2CCn3c4c(c(F)c3C2=O)CC(C)(C)C4)c(C)c1. The molecule has 3 aliphatic rings. The third kappa shape index (κ3) is 4.82. The van der Waals surface area contributed by atoms with Crippen LogP contribution in [0.5, 0.6) is 5.75 Å². The summed E-state index contributed by atoms with van der Waals surface area (Å²) in [6.45, 7) is 12.3. The van der Waals surface area contributed by atoms with E-state index in [-0.39, 0.29) is 47.2 Å². The third-order valence-electron chi connectivity index (χ3n) is 8.87. The Hall–Kier alpha value is -4.21. The zero-order chi connectivity index (χ0) is 29.8. The first kappa shape index (κ1) is 27.9. The van der Waals surface area contributed by atoms with Crippen LogP contribution in [0.2, 0.25) is 0 Å². The van der Waals surface area contributed by atoms with Gasteiger partial charge in [-0.05, 0) is 61.3 Å². The summed E-state index contributed by atoms with van der Waals surface area (Å²) in [5.41, 5.74) is 11.4. The molecule has 2 amide bonds. The quantitative estimate of drug-likeness (QED) is 0.423. The van der Waals surface area contributed by atoms with E-state index in [4.69, 9.17) is 10.5 Å². The van der Waals surface area contributed by atoms with Crippen LogP contribution in [0.3, 0.4) is 0 Å². The fourth-order valence-electron chi connectivity index (χ4n) is 6.70. The van der Waals surface area contributed by atoms with E-state index in [1.54, 1.807) is 9.80 Å². The predicted octanol–water partition coefficient (Wildman–Crippen LogP) is 4.31. The second kappa shape index (κ2) is 10.6. The van der Waals surface area contributed by atoms with Crippen molar-refractivity contribution in [2.75, 3.05) is 25.4 Å². The number of rotatable bonds is 7. The lowest BCUT2D eigenvalue weighted by atomic mass is 9.90. The number of amides is 2. The molecule has 220 valence electrons. The van der Waals surface area contributed by atoms with Crippen LogP contribution in [0.1, 0.15) is 59.6 Å². The highest BCUT2D eigenvalue weighted by molar-refractivity contribution is 5.94. The van der Waals surface area contributed by atoms with Crippen LogP contribution in [-0.4, -0.2) is 61.9 Å². The Bertz CT molecular complexity index is 1600. The lowest BCUT2D eigenvalue weighted by molar-refractivity contribution is -0.127. The number of nitrogens with two attached hydrogens (primary N) is 1. The number of fused-ring (bicyclic) bond motifs is 3. The highest BCUT2D eigenvalue weighted by Crippen LogP contribution is 2.41. The molecule has 0 spiro atoms. The minimum atomic E-state index is -0.346. The summed E-state index contributed by atoms with van der Waals surface area (Å²) < 4.78 is 23.5. The lowest BCUT2D eigenvalue weighted by Gasteiger charge is -2.30. The van der Waals surface area contributed by atoms with E-state index < -0.39 is 0 Å². The molecule has 6 rings (SSSR count). The summed E-state index contributed by atoms with van der Waals surface area (Å²) in [6.07, 6.45) is 5.91. The standard InChI is InChI=1S/C32H37FN6O3/c1-5-25(40)38-10-6-7-22(38)17-42-29-27(35-18-36-30(29)34)20-8-9-21(19(2)13-20)16-37-11-12-39-24-15-32(3,4)14-23(24)26(33)28(39)31(37)41/h5,8-9,13,18,22H,1,6-7,10-12,14-17H2,2-4H3,(H2,34,35,36)/t22-/m0/s1. The van der Waals surface area contributed by atoms with Crippen molar-refractivity contribution in [2.24, 2.45) is 5.41 Å². The molecule has 2 aliphatic heterocycles. The zero-order valence-corrected chi connectivity index (χ0v) is 24.5. The third-order valence-corrected chi connectivity index (χ3v) is 8.87. The number of aromatic nitrogens is 3. The van der Waals surface area contributed by atoms with Crippen molar-refractivity contribution >= 4 is 17.6 Å². The molecule has 0 unspecified atom stereocenters. The fourth-order valence-corrected chi connectivity index (χ4v) is 6.70. The molecular formula is C32H37FN6O3. The fraction of sp³-hybridized carbons (Fsp3) is 0.438. The Labute approximate surface area is 245 Å². The predicted molar refractivity (Wildman–Crippen MR) is 157 cm³/mol. The molecule has 1 atom stereocenters. The maximum atomic E-state index is 15.4. The van der Waals surface area contributed by atoms with E-state index in [9.17, 15) is 9.59 Å². The van der Waals surface area contributed by atoms with E-state index in [2.05, 4.69) is 30.4 Å². The van der Waals surface area contributed by atoms with Crippen LogP contribution in [0.4, 0.5) is 10.2 Å². The Morgan fingerprint density at radius 2 is 2.05 bits per heavy atom. The number of carbonyl (C=O) groups excluding carboxylic acids is 2. The van der Waals surface area contributed by atoms with Crippen LogP contribution in [0, 0.1) is 18.2 Å². The number of halogens is 1. The Balaban J connectivity index is 1.20. The number of ether oxygens (including phenoxy) is 1. The van der Waals surface area contributed by atoms with Gasteiger partial charge in [-0.2, -0.15) is 0 Å². The molecule has 42 heavy (non-hydrogen) atoms. The van der Waals surface area contributed by atoms with Crippen molar-refractivity contribution in [1.82, 2.24) is 24.3 Å². The average molecular weight is 573 g/mol. The molecule has 2 N–H and O–H groups in total. The number of nitrogen functional groups attached to an aromatic ring is 1. The number of anilines is 1. The molecule has 9 nitrogen and oxygen atoms in total. The van der Waals surface area contributed by atoms with Crippen molar-refractivity contribution in [3.63, 3.8) is 0 Å². The Kier molecular flexibility index (Phi) is 7.03. The molecule has 2 aromatic heterocycles. The molecule has 10 heteroatoms. The molecule has 1 aliphatic carbocycles. The van der Waals surface area contributed by atoms with Gasteiger partial charge in [0.1, 0.15) is 24.3 Å². The van der Waals surface area contributed by atoms with Crippen molar-refractivity contribution in [3.8, 4) is 17.0 Å². The number of likely N-dealkylation sites (tertiary alicyclic amines) is 1. The van der Waals surface area contributed by atoms with E-state index >= 15 is 4.39 Å². The zero-order valence-electron chi connectivity index (χ0n) is 24.5. The highest BCUT2D eigenvalue weighted by Gasteiger charge is 2.40. The second-order valence-corrected chi connectivity index (χ2v) is 12.4. The van der Waals surface area contributed by atoms with Crippen molar-refractivity contribution < 1.29 is 18.7 Å². The highest BCUT2D eigenvalue weighted by atomic mass is 19.1. The van der Waals surface area contributed by atoms with Gasteiger partial charge in [-0.15, -0.1) is 0 Å². The topological polar surface area (TPSA) is 107 Å². The summed E-state index contributed by atoms with van der Waals surface area (Å²) in [5, 5.41) is 0. The van der Waals surface area contributed by atoms with E-state index in [0.717, 1.165) is 41.6 Å². The van der Waals surface area contributed by atoms with Crippen molar-refractivity contribution in [2.45, 2.75) is 65.6 Å². The van der Waals surface area contributed by atoms with Gasteiger partial charge in [0.05, 0.1) is 6.04 Å². The number of aryl methyl sites for hydroxylation is 1. The van der Waals surface area contributed by atoms with E-state index in [1.807, 2.05) is 29.7 Å². The van der Waals surface area contributed by atoms with Crippen molar-refractivity contribution in [3.05, 3.63) is 71.1 Å². The summed E-state index contributed by atoms with van der Waals surface area (Å²) in [5.74, 6) is -0.117. The van der Waals surface area contributed by atoms with Gasteiger partial charge in [0, 0.05) is 43.0 Å². The van der Waals surface area contributed by atoms with Crippen LogP contribution in [0.15, 0.2) is 37.2 Å². The molecule has 1 aromatic carbocycles. The van der Waals surface area contributed by atoms with Gasteiger partial charge in [-0.1, -0.05) is 32.6 Å². The van der Waals surface area contributed by atoms with Gasteiger partial charge in [-0.3, -0.25) is 9.59 Å². The molecule has 0 bridgehead atoms. The number of nitrogens with zero attached hydrogens (tertiary/aromatic N) is 5. The molecule has 4 heterocycles. The number of benzene rings is 1. The van der Waals surface area contributed by atoms with Crippen molar-refractivity contribution in [1.29, 1.82) is 0 Å². The number of carbonyl (C=O) groups is 2. The minimum absolute atomic E-state index is 0.0211. The Morgan fingerprint density at radius 3 is 2.81 bits per heavy atom. The first-order chi connectivity index (χ1) is 20.1. The van der Waals surface area contributed by atoms with E-state index in [1.165, 1.54) is 12.4 Å². The summed E-state index contributed by atoms with van der Waals surface area (Å²) in [6, 6.07) is 5.80. The first-order valence-electron chi connectivity index (χ1n) is 14.5. The van der Waals surface area contributed by atoms with Gasteiger partial charge in [0.25, 0.3) is 5.91 Å². The molecule has 0 radical (unpaired) electrons. The normalized spacial score (nSPS) is 19.1. The first-order valence-corrected chi connectivity index (χ1v) is 14.5. The largest absolute Gasteiger partial charge is 0.485 e. The maximum Gasteiger partial charge on any atom is 0.273 e. The monoisotopic (exact) mass is 572 g/mol. The van der Waals surface area contributed by atoms with Gasteiger partial charge in [0.2, 0.25) is 5.91 Å². The summed E-state index contributed by atoms with van der Waals surface area (Å²) in [7, 11) is 0. The van der Waals surface area contributed by atoms with Crippen LogP contribution < -0.4 is 10.5 Å². The molecule has 0 saturated carbocycles.